The summed E-state index contributed by atoms with van der Waals surface area (Å²) in [5.74, 6) is -0.311. The quantitative estimate of drug-likeness (QED) is 0.108. The second-order valence-corrected chi connectivity index (χ2v) is 13.8. The fourth-order valence-electron chi connectivity index (χ4n) is 5.94. The highest BCUT2D eigenvalue weighted by Crippen LogP contribution is 2.48. The van der Waals surface area contributed by atoms with Gasteiger partial charge in [0.05, 0.1) is 16.5 Å². The number of piperidine rings is 1. The first-order chi connectivity index (χ1) is 20.1. The topological polar surface area (TPSA) is 123 Å². The Hall–Kier alpha value is -2.96. The van der Waals surface area contributed by atoms with Crippen LogP contribution in [0.25, 0.3) is 0 Å². The molecule has 3 aromatic rings. The third-order valence-corrected chi connectivity index (χ3v) is 11.0. The second-order valence-electron chi connectivity index (χ2n) is 11.0. The van der Waals surface area contributed by atoms with Crippen molar-refractivity contribution in [1.29, 1.82) is 0 Å². The Balaban J connectivity index is 1.26. The molecule has 5 rings (SSSR count). The van der Waals surface area contributed by atoms with Gasteiger partial charge in [0.15, 0.2) is 10.7 Å². The van der Waals surface area contributed by atoms with Crippen LogP contribution >= 0.6 is 11.3 Å². The van der Waals surface area contributed by atoms with Gasteiger partial charge >= 0.3 is 0 Å². The first-order valence-electron chi connectivity index (χ1n) is 14.2. The van der Waals surface area contributed by atoms with Gasteiger partial charge in [-0.2, -0.15) is 0 Å². The van der Waals surface area contributed by atoms with E-state index >= 15 is 0 Å². The number of likely N-dealkylation sites (tertiary alicyclic amines) is 1. The fourth-order valence-corrected chi connectivity index (χ4v) is 8.01. The molecule has 1 saturated heterocycles. The summed E-state index contributed by atoms with van der Waals surface area (Å²) in [5.41, 5.74) is 8.16. The Bertz CT molecular complexity index is 1450. The minimum atomic E-state index is -0.996. The summed E-state index contributed by atoms with van der Waals surface area (Å²) in [6.07, 6.45) is 2.35. The molecule has 1 spiro atoms. The zero-order chi connectivity index (χ0) is 30.0. The van der Waals surface area contributed by atoms with Crippen molar-refractivity contribution >= 4 is 34.3 Å². The molecule has 0 aliphatic carbocycles. The monoisotopic (exact) mass is 612 g/mol. The second kappa shape index (κ2) is 12.7. The zero-order valence-electron chi connectivity index (χ0n) is 24.1. The molecule has 3 atom stereocenters. The number of oxime groups is 1. The van der Waals surface area contributed by atoms with Crippen LogP contribution in [0.5, 0.6) is 0 Å². The molecular weight excluding hydrogens is 575 g/mol. The predicted molar refractivity (Wildman–Crippen MR) is 163 cm³/mol. The van der Waals surface area contributed by atoms with Gasteiger partial charge in [0.1, 0.15) is 17.2 Å². The van der Waals surface area contributed by atoms with Crippen LogP contribution in [0.2, 0.25) is 0 Å². The maximum atomic E-state index is 14.6. The summed E-state index contributed by atoms with van der Waals surface area (Å²) >= 11 is 0.525. The van der Waals surface area contributed by atoms with Crippen LogP contribution in [0.4, 0.5) is 4.39 Å². The number of hydrogen-bond acceptors (Lipinski definition) is 7. The van der Waals surface area contributed by atoms with Gasteiger partial charge < -0.3 is 25.5 Å². The highest BCUT2D eigenvalue weighted by Gasteiger charge is 2.45. The van der Waals surface area contributed by atoms with E-state index in [1.54, 1.807) is 6.07 Å². The Kier molecular flexibility index (Phi) is 9.24. The van der Waals surface area contributed by atoms with Gasteiger partial charge in [-0.15, -0.1) is 11.3 Å². The van der Waals surface area contributed by atoms with Gasteiger partial charge in [0.25, 0.3) is 5.91 Å². The third kappa shape index (κ3) is 6.21. The number of amidine groups is 1. The molecule has 0 bridgehead atoms. The van der Waals surface area contributed by atoms with Gasteiger partial charge in [-0.25, -0.2) is 4.39 Å². The summed E-state index contributed by atoms with van der Waals surface area (Å²) in [7, 11) is 0. The van der Waals surface area contributed by atoms with Gasteiger partial charge in [-0.3, -0.25) is 9.69 Å². The van der Waals surface area contributed by atoms with Crippen LogP contribution in [0.15, 0.2) is 58.6 Å². The van der Waals surface area contributed by atoms with E-state index in [2.05, 4.69) is 29.2 Å². The smallest absolute Gasteiger partial charge is 0.261 e. The van der Waals surface area contributed by atoms with Crippen LogP contribution < -0.4 is 11.1 Å². The third-order valence-electron chi connectivity index (χ3n) is 8.29. The maximum Gasteiger partial charge on any atom is 0.261 e. The van der Waals surface area contributed by atoms with E-state index < -0.39 is 22.6 Å². The van der Waals surface area contributed by atoms with E-state index in [1.807, 2.05) is 43.3 Å². The van der Waals surface area contributed by atoms with E-state index in [-0.39, 0.29) is 29.5 Å². The normalized spacial score (nSPS) is 20.2. The Labute approximate surface area is 252 Å². The van der Waals surface area contributed by atoms with Crippen molar-refractivity contribution in [2.45, 2.75) is 69.2 Å². The van der Waals surface area contributed by atoms with Crippen molar-refractivity contribution in [1.82, 2.24) is 10.2 Å². The van der Waals surface area contributed by atoms with E-state index in [1.165, 1.54) is 23.0 Å². The summed E-state index contributed by atoms with van der Waals surface area (Å²) < 4.78 is 33.3. The first kappa shape index (κ1) is 30.5. The van der Waals surface area contributed by atoms with Crippen molar-refractivity contribution < 1.29 is 23.7 Å². The summed E-state index contributed by atoms with van der Waals surface area (Å²) in [6.45, 7) is 7.94. The van der Waals surface area contributed by atoms with Crippen molar-refractivity contribution in [3.63, 3.8) is 0 Å². The van der Waals surface area contributed by atoms with Crippen LogP contribution in [-0.2, 0) is 34.5 Å². The Morgan fingerprint density at radius 2 is 2.00 bits per heavy atom. The molecule has 1 fully saturated rings. The van der Waals surface area contributed by atoms with Gasteiger partial charge in [-0.1, -0.05) is 23.4 Å². The molecule has 0 saturated carbocycles. The molecule has 1 aromatic heterocycles. The number of nitrogens with two attached hydrogens (primary N) is 1. The van der Waals surface area contributed by atoms with Crippen molar-refractivity contribution in [3.05, 3.63) is 86.4 Å². The molecular formula is C31H37FN4O4S2. The lowest BCUT2D eigenvalue weighted by Crippen LogP contribution is -2.48. The van der Waals surface area contributed by atoms with Crippen molar-refractivity contribution in [2.75, 3.05) is 18.8 Å². The first-order valence-corrected chi connectivity index (χ1v) is 16.4. The standard InChI is InChI=1S/C31H37FN4O4S2/c1-4-42(39)24-8-5-21(6-9-24)18-34-30(37)27-17-23-15-19(2)40-31(28(23)41-27)11-13-36(14-12-31)20(3)22-7-10-25(26(32)16-22)29(33)35-38/h5-10,16-17,19-20,38H,4,11-15,18H2,1-3H3,(H2,33,35)(H,34,37)/t19-,20?,42?/m0/s1. The van der Waals surface area contributed by atoms with E-state index in [9.17, 15) is 13.7 Å². The number of ether oxygens (including phenoxy) is 1. The lowest BCUT2D eigenvalue weighted by Gasteiger charge is -2.47. The summed E-state index contributed by atoms with van der Waals surface area (Å²) in [6, 6.07) is 14.3. The molecule has 8 nitrogen and oxygen atoms in total. The molecule has 1 amide bonds. The molecule has 0 radical (unpaired) electrons. The molecule has 2 aliphatic heterocycles. The molecule has 224 valence electrons. The average molecular weight is 613 g/mol. The molecule has 2 unspecified atom stereocenters. The number of fused-ring (bicyclic) bond motifs is 2. The van der Waals surface area contributed by atoms with Crippen LogP contribution in [0, 0.1) is 5.82 Å². The lowest BCUT2D eigenvalue weighted by molar-refractivity contribution is -0.134. The SMILES string of the molecule is CC[S+]([O-])c1ccc(CNC(=O)c2cc3c(s2)C2(CCN(C(C)c4ccc(/C(N)=N\O)c(F)c4)CC2)O[C@@H](C)C3)cc1. The molecule has 11 heteroatoms. The number of thiophene rings is 1. The number of carbonyl (C=O) groups excluding carboxylic acids is 1. The number of nitrogens with zero attached hydrogens (tertiary/aromatic N) is 2. The van der Waals surface area contributed by atoms with E-state index in [0.717, 1.165) is 53.3 Å². The van der Waals surface area contributed by atoms with Gasteiger partial charge in [0.2, 0.25) is 0 Å². The number of amides is 1. The van der Waals surface area contributed by atoms with Crippen molar-refractivity contribution in [2.24, 2.45) is 10.9 Å². The average Bonchev–Trinajstić information content (AvgIpc) is 3.44. The number of carbonyl (C=O) groups is 1. The van der Waals surface area contributed by atoms with E-state index in [0.29, 0.717) is 17.2 Å². The summed E-state index contributed by atoms with van der Waals surface area (Å²) in [5, 5.41) is 14.8. The number of nitrogens with one attached hydrogen (secondary N) is 1. The van der Waals surface area contributed by atoms with Gasteiger partial charge in [0, 0.05) is 30.6 Å². The molecule has 2 aliphatic rings. The Morgan fingerprint density at radius 1 is 1.29 bits per heavy atom. The zero-order valence-corrected chi connectivity index (χ0v) is 25.7. The minimum Gasteiger partial charge on any atom is -0.611 e. The van der Waals surface area contributed by atoms with Gasteiger partial charge in [-0.05, 0) is 98.2 Å². The molecule has 4 N–H and O–H groups in total. The maximum absolute atomic E-state index is 14.6. The predicted octanol–water partition coefficient (Wildman–Crippen LogP) is 5.05. The van der Waals surface area contributed by atoms with Crippen LogP contribution in [0.3, 0.4) is 0 Å². The Morgan fingerprint density at radius 3 is 2.64 bits per heavy atom. The number of hydrogen-bond donors (Lipinski definition) is 3. The lowest BCUT2D eigenvalue weighted by atomic mass is 9.83. The largest absolute Gasteiger partial charge is 0.611 e. The number of rotatable bonds is 8. The summed E-state index contributed by atoms with van der Waals surface area (Å²) in [4.78, 5) is 18.1. The van der Waals surface area contributed by atoms with Crippen LogP contribution in [0.1, 0.15) is 76.5 Å². The van der Waals surface area contributed by atoms with Crippen molar-refractivity contribution in [3.8, 4) is 0 Å². The highest BCUT2D eigenvalue weighted by atomic mass is 32.2. The highest BCUT2D eigenvalue weighted by molar-refractivity contribution is 7.91. The van der Waals surface area contributed by atoms with E-state index in [4.69, 9.17) is 15.7 Å². The molecule has 2 aromatic carbocycles. The number of benzene rings is 2. The molecule has 3 heterocycles. The molecule has 42 heavy (non-hydrogen) atoms. The fraction of sp³-hybridized carbons (Fsp3) is 0.419. The van der Waals surface area contributed by atoms with Crippen LogP contribution in [-0.4, -0.2) is 51.3 Å². The number of halogens is 1. The minimum absolute atomic E-state index is 0.0283.